The number of carbonyl (C=O) groups is 1. The van der Waals surface area contributed by atoms with Crippen molar-refractivity contribution < 1.29 is 9.90 Å². The van der Waals surface area contributed by atoms with Gasteiger partial charge in [0.1, 0.15) is 24.1 Å². The lowest BCUT2D eigenvalue weighted by Crippen LogP contribution is -2.30. The molecule has 16 heavy (non-hydrogen) atoms. The molecule has 0 spiro atoms. The number of nitrogens with zero attached hydrogens (tertiary/aromatic N) is 3. The highest BCUT2D eigenvalue weighted by atomic mass is 16.4. The normalized spacial score (nSPS) is 8.88. The molecule has 0 aliphatic heterocycles. The Hall–Kier alpha value is -2.53. The summed E-state index contributed by atoms with van der Waals surface area (Å²) in [7, 11) is 0. The summed E-state index contributed by atoms with van der Waals surface area (Å²) in [6, 6.07) is 6.66. The summed E-state index contributed by atoms with van der Waals surface area (Å²) < 4.78 is 0. The maximum Gasteiger partial charge on any atom is 0.323 e. The van der Waals surface area contributed by atoms with Gasteiger partial charge in [0.2, 0.25) is 0 Å². The van der Waals surface area contributed by atoms with Crippen LogP contribution in [0, 0.1) is 23.7 Å². The second-order valence-electron chi connectivity index (χ2n) is 2.95. The molecule has 1 aromatic heterocycles. The van der Waals surface area contributed by atoms with E-state index in [0.29, 0.717) is 5.82 Å². The van der Waals surface area contributed by atoms with Crippen LogP contribution in [0.1, 0.15) is 5.69 Å². The molecule has 1 aromatic rings. The zero-order chi connectivity index (χ0) is 12.0. The minimum atomic E-state index is -1.00. The molecule has 0 aliphatic carbocycles. The molecule has 1 N–H and O–H groups in total. The maximum atomic E-state index is 10.6. The number of rotatable bonds is 4. The van der Waals surface area contributed by atoms with Crippen molar-refractivity contribution in [2.45, 2.75) is 0 Å². The fraction of sp³-hybridized carbons (Fsp3) is 0.182. The fourth-order valence-corrected chi connectivity index (χ4v) is 1.15. The number of aliphatic carboxylic acids is 1. The lowest BCUT2D eigenvalue weighted by Gasteiger charge is -2.18. The van der Waals surface area contributed by atoms with Crippen molar-refractivity contribution in [3.8, 4) is 18.4 Å². The van der Waals surface area contributed by atoms with Crippen LogP contribution in [0.15, 0.2) is 18.2 Å². The summed E-state index contributed by atoms with van der Waals surface area (Å²) in [6.45, 7) is -0.111. The summed E-state index contributed by atoms with van der Waals surface area (Å²) in [5.41, 5.74) is 0.227. The Bertz CT molecular complexity index is 471. The van der Waals surface area contributed by atoms with Crippen LogP contribution in [0.4, 0.5) is 5.82 Å². The van der Waals surface area contributed by atoms with Gasteiger partial charge in [-0.2, -0.15) is 5.26 Å². The Balaban J connectivity index is 2.97. The van der Waals surface area contributed by atoms with Gasteiger partial charge in [-0.05, 0) is 12.1 Å². The van der Waals surface area contributed by atoms with Crippen LogP contribution in [0.5, 0.6) is 0 Å². The predicted octanol–water partition coefficient (Wildman–Crippen LogP) is 0.477. The van der Waals surface area contributed by atoms with Crippen molar-refractivity contribution in [2.75, 3.05) is 18.0 Å². The van der Waals surface area contributed by atoms with Gasteiger partial charge in [-0.15, -0.1) is 6.42 Å². The van der Waals surface area contributed by atoms with Crippen LogP contribution in [-0.4, -0.2) is 29.1 Å². The quantitative estimate of drug-likeness (QED) is 0.739. The SMILES string of the molecule is C#CCN(CC(=O)O)c1cccc(C#N)n1. The average molecular weight is 215 g/mol. The summed E-state index contributed by atoms with van der Waals surface area (Å²) in [5.74, 6) is 1.74. The number of nitriles is 1. The molecule has 0 saturated heterocycles. The van der Waals surface area contributed by atoms with Crippen molar-refractivity contribution in [3.05, 3.63) is 23.9 Å². The first-order valence-corrected chi connectivity index (χ1v) is 4.44. The van der Waals surface area contributed by atoms with Gasteiger partial charge in [0.25, 0.3) is 0 Å². The third kappa shape index (κ3) is 3.00. The van der Waals surface area contributed by atoms with E-state index in [0.717, 1.165) is 0 Å². The molecule has 0 atom stereocenters. The first-order valence-electron chi connectivity index (χ1n) is 4.44. The molecular weight excluding hydrogens is 206 g/mol. The molecule has 0 radical (unpaired) electrons. The van der Waals surface area contributed by atoms with E-state index in [-0.39, 0.29) is 18.8 Å². The average Bonchev–Trinajstić information content (AvgIpc) is 2.28. The molecule has 1 rings (SSSR count). The highest BCUT2D eigenvalue weighted by molar-refractivity contribution is 5.73. The second kappa shape index (κ2) is 5.38. The molecule has 1 heterocycles. The van der Waals surface area contributed by atoms with E-state index in [9.17, 15) is 4.79 Å². The number of carboxylic acid groups (broad SMARTS) is 1. The van der Waals surface area contributed by atoms with Crippen LogP contribution in [0.25, 0.3) is 0 Å². The van der Waals surface area contributed by atoms with Gasteiger partial charge in [0.15, 0.2) is 0 Å². The molecular formula is C11H9N3O2. The molecule has 0 unspecified atom stereocenters. The number of aromatic nitrogens is 1. The largest absolute Gasteiger partial charge is 0.480 e. The van der Waals surface area contributed by atoms with E-state index in [1.165, 1.54) is 4.90 Å². The molecule has 0 fully saturated rings. The molecule has 0 amide bonds. The van der Waals surface area contributed by atoms with E-state index in [4.69, 9.17) is 16.8 Å². The maximum absolute atomic E-state index is 10.6. The Kier molecular flexibility index (Phi) is 3.88. The standard InChI is InChI=1S/C11H9N3O2/c1-2-6-14(8-11(15)16)10-5-3-4-9(7-12)13-10/h1,3-5H,6,8H2,(H,15,16). The summed E-state index contributed by atoms with van der Waals surface area (Å²) in [5, 5.41) is 17.4. The minimum absolute atomic E-state index is 0.133. The molecule has 0 bridgehead atoms. The highest BCUT2D eigenvalue weighted by Gasteiger charge is 2.10. The Morgan fingerprint density at radius 2 is 2.38 bits per heavy atom. The number of pyridine rings is 1. The van der Waals surface area contributed by atoms with Crippen molar-refractivity contribution in [2.24, 2.45) is 0 Å². The molecule has 5 nitrogen and oxygen atoms in total. The summed E-state index contributed by atoms with van der Waals surface area (Å²) >= 11 is 0. The van der Waals surface area contributed by atoms with Gasteiger partial charge < -0.3 is 10.0 Å². The van der Waals surface area contributed by atoms with E-state index in [1.807, 2.05) is 6.07 Å². The van der Waals surface area contributed by atoms with Crippen LogP contribution in [0.3, 0.4) is 0 Å². The third-order valence-corrected chi connectivity index (χ3v) is 1.78. The third-order valence-electron chi connectivity index (χ3n) is 1.78. The fourth-order valence-electron chi connectivity index (χ4n) is 1.15. The van der Waals surface area contributed by atoms with Gasteiger partial charge in [-0.1, -0.05) is 12.0 Å². The zero-order valence-corrected chi connectivity index (χ0v) is 8.42. The van der Waals surface area contributed by atoms with Gasteiger partial charge in [0, 0.05) is 0 Å². The van der Waals surface area contributed by atoms with E-state index < -0.39 is 5.97 Å². The molecule has 0 saturated carbocycles. The lowest BCUT2D eigenvalue weighted by molar-refractivity contribution is -0.135. The monoisotopic (exact) mass is 215 g/mol. The van der Waals surface area contributed by atoms with Gasteiger partial charge in [-0.25, -0.2) is 4.98 Å². The first kappa shape index (κ1) is 11.5. The van der Waals surface area contributed by atoms with Crippen LogP contribution >= 0.6 is 0 Å². The van der Waals surface area contributed by atoms with Crippen molar-refractivity contribution >= 4 is 11.8 Å². The topological polar surface area (TPSA) is 77.2 Å². The second-order valence-corrected chi connectivity index (χ2v) is 2.95. The van der Waals surface area contributed by atoms with E-state index >= 15 is 0 Å². The first-order chi connectivity index (χ1) is 7.67. The number of hydrogen-bond donors (Lipinski definition) is 1. The van der Waals surface area contributed by atoms with Crippen molar-refractivity contribution in [1.82, 2.24) is 4.98 Å². The Morgan fingerprint density at radius 1 is 1.62 bits per heavy atom. The van der Waals surface area contributed by atoms with E-state index in [1.54, 1.807) is 18.2 Å². The van der Waals surface area contributed by atoms with E-state index in [2.05, 4.69) is 10.9 Å². The number of anilines is 1. The smallest absolute Gasteiger partial charge is 0.323 e. The van der Waals surface area contributed by atoms with Crippen LogP contribution < -0.4 is 4.90 Å². The number of terminal acetylenes is 1. The molecule has 5 heteroatoms. The minimum Gasteiger partial charge on any atom is -0.480 e. The number of hydrogen-bond acceptors (Lipinski definition) is 4. The summed E-state index contributed by atoms with van der Waals surface area (Å²) in [6.07, 6.45) is 5.14. The zero-order valence-electron chi connectivity index (χ0n) is 8.42. The van der Waals surface area contributed by atoms with Gasteiger partial charge in [0.05, 0.1) is 6.54 Å². The van der Waals surface area contributed by atoms with Crippen LogP contribution in [0.2, 0.25) is 0 Å². The number of carboxylic acids is 1. The van der Waals surface area contributed by atoms with Gasteiger partial charge >= 0.3 is 5.97 Å². The molecule has 0 aliphatic rings. The lowest BCUT2D eigenvalue weighted by atomic mass is 10.3. The van der Waals surface area contributed by atoms with Crippen molar-refractivity contribution in [3.63, 3.8) is 0 Å². The molecule has 0 aromatic carbocycles. The van der Waals surface area contributed by atoms with Gasteiger partial charge in [-0.3, -0.25) is 4.79 Å². The summed E-state index contributed by atoms with van der Waals surface area (Å²) in [4.78, 5) is 16.0. The Morgan fingerprint density at radius 3 is 2.94 bits per heavy atom. The van der Waals surface area contributed by atoms with Crippen molar-refractivity contribution in [1.29, 1.82) is 5.26 Å². The predicted molar refractivity (Wildman–Crippen MR) is 57.6 cm³/mol. The highest BCUT2D eigenvalue weighted by Crippen LogP contribution is 2.10. The Labute approximate surface area is 92.9 Å². The van der Waals surface area contributed by atoms with Crippen LogP contribution in [-0.2, 0) is 4.79 Å². The molecule has 80 valence electrons.